The highest BCUT2D eigenvalue weighted by Crippen LogP contribution is 2.21. The van der Waals surface area contributed by atoms with E-state index in [-0.39, 0.29) is 11.7 Å². The number of carbonyl (C=O) groups excluding carboxylic acids is 1. The number of carboxylic acids is 1. The highest BCUT2D eigenvalue weighted by molar-refractivity contribution is 8.01. The molecule has 0 saturated heterocycles. The van der Waals surface area contributed by atoms with E-state index >= 15 is 0 Å². The number of thioether (sulfide) groups is 1. The molecule has 1 aromatic carbocycles. The number of anilines is 1. The topological polar surface area (TPSA) is 66.4 Å². The third-order valence-corrected chi connectivity index (χ3v) is 3.42. The average Bonchev–Trinajstić information content (AvgIpc) is 2.28. The summed E-state index contributed by atoms with van der Waals surface area (Å²) in [4.78, 5) is 22.1. The van der Waals surface area contributed by atoms with E-state index in [9.17, 15) is 9.59 Å². The number of hydrogen-bond donors (Lipinski definition) is 2. The molecule has 2 N–H and O–H groups in total. The molecule has 6 heteroatoms. The van der Waals surface area contributed by atoms with Gasteiger partial charge in [-0.15, -0.1) is 11.8 Å². The summed E-state index contributed by atoms with van der Waals surface area (Å²) in [5.41, 5.74) is 0.530. The molecule has 0 aromatic heterocycles. The summed E-state index contributed by atoms with van der Waals surface area (Å²) < 4.78 is 0. The second kappa shape index (κ2) is 6.51. The fraction of sp³-hybridized carbons (Fsp3) is 0.273. The number of benzene rings is 1. The molecule has 1 amide bonds. The Kier molecular flexibility index (Phi) is 5.31. The maximum atomic E-state index is 11.7. The number of hydrogen-bond acceptors (Lipinski definition) is 3. The van der Waals surface area contributed by atoms with Gasteiger partial charge in [-0.05, 0) is 19.1 Å². The van der Waals surface area contributed by atoms with Crippen LogP contribution >= 0.6 is 23.4 Å². The van der Waals surface area contributed by atoms with Gasteiger partial charge in [-0.25, -0.2) is 0 Å². The van der Waals surface area contributed by atoms with Crippen LogP contribution in [0.1, 0.15) is 6.92 Å². The monoisotopic (exact) mass is 273 g/mol. The van der Waals surface area contributed by atoms with Crippen molar-refractivity contribution in [3.63, 3.8) is 0 Å². The van der Waals surface area contributed by atoms with Crippen molar-refractivity contribution in [1.82, 2.24) is 0 Å². The van der Waals surface area contributed by atoms with Gasteiger partial charge in [0, 0.05) is 0 Å². The van der Waals surface area contributed by atoms with Crippen molar-refractivity contribution in [2.75, 3.05) is 11.1 Å². The Morgan fingerprint density at radius 2 is 2.12 bits per heavy atom. The Balaban J connectivity index is 2.54. The third kappa shape index (κ3) is 4.66. The average molecular weight is 274 g/mol. The second-order valence-corrected chi connectivity index (χ2v) is 5.05. The smallest absolute Gasteiger partial charge is 0.313 e. The number of carboxylic acid groups (broad SMARTS) is 1. The first-order valence-corrected chi connectivity index (χ1v) is 6.32. The molecule has 92 valence electrons. The lowest BCUT2D eigenvalue weighted by molar-refractivity contribution is -0.133. The number of nitrogens with one attached hydrogen (secondary N) is 1. The number of halogens is 1. The molecule has 0 aliphatic rings. The predicted octanol–water partition coefficient (Wildman–Crippen LogP) is 2.48. The molecular weight excluding hydrogens is 262 g/mol. The Morgan fingerprint density at radius 3 is 2.71 bits per heavy atom. The normalized spacial score (nSPS) is 11.9. The molecule has 1 unspecified atom stereocenters. The van der Waals surface area contributed by atoms with Crippen LogP contribution in [-0.4, -0.2) is 28.0 Å². The van der Waals surface area contributed by atoms with Crippen molar-refractivity contribution < 1.29 is 14.7 Å². The summed E-state index contributed by atoms with van der Waals surface area (Å²) >= 11 is 6.95. The Labute approximate surface area is 108 Å². The molecule has 0 saturated carbocycles. The molecule has 0 aliphatic heterocycles. The van der Waals surface area contributed by atoms with Crippen molar-refractivity contribution in [1.29, 1.82) is 0 Å². The molecule has 0 spiro atoms. The van der Waals surface area contributed by atoms with Gasteiger partial charge in [0.1, 0.15) is 0 Å². The van der Waals surface area contributed by atoms with E-state index in [2.05, 4.69) is 5.32 Å². The molecule has 4 nitrogen and oxygen atoms in total. The van der Waals surface area contributed by atoms with E-state index in [0.717, 1.165) is 11.8 Å². The predicted molar refractivity (Wildman–Crippen MR) is 69.6 cm³/mol. The van der Waals surface area contributed by atoms with Crippen molar-refractivity contribution in [2.45, 2.75) is 12.2 Å². The zero-order valence-corrected chi connectivity index (χ0v) is 10.7. The number of carbonyl (C=O) groups is 2. The van der Waals surface area contributed by atoms with Crippen molar-refractivity contribution >= 4 is 40.9 Å². The Hall–Kier alpha value is -1.20. The zero-order valence-electron chi connectivity index (χ0n) is 9.14. The number of aliphatic carboxylic acids is 1. The van der Waals surface area contributed by atoms with Crippen LogP contribution in [0.4, 0.5) is 5.69 Å². The molecule has 0 heterocycles. The number of para-hydroxylation sites is 1. The minimum atomic E-state index is -0.938. The van der Waals surface area contributed by atoms with Crippen LogP contribution in [0.25, 0.3) is 0 Å². The minimum Gasteiger partial charge on any atom is -0.481 e. The van der Waals surface area contributed by atoms with Gasteiger partial charge in [-0.2, -0.15) is 0 Å². The SMILES string of the molecule is CC(SCC(=O)O)C(=O)Nc1ccccc1Cl. The molecule has 1 aromatic rings. The van der Waals surface area contributed by atoms with Crippen molar-refractivity contribution in [2.24, 2.45) is 0 Å². The van der Waals surface area contributed by atoms with Crippen molar-refractivity contribution in [3.05, 3.63) is 29.3 Å². The van der Waals surface area contributed by atoms with Crippen LogP contribution in [0.2, 0.25) is 5.02 Å². The fourth-order valence-electron chi connectivity index (χ4n) is 1.07. The molecule has 0 aliphatic carbocycles. The number of rotatable bonds is 5. The van der Waals surface area contributed by atoms with E-state index < -0.39 is 11.2 Å². The standard InChI is InChI=1S/C11H12ClNO3S/c1-7(17-6-10(14)15)11(16)13-9-5-3-2-4-8(9)12/h2-5,7H,6H2,1H3,(H,13,16)(H,14,15). The zero-order chi connectivity index (χ0) is 12.8. The molecule has 0 fully saturated rings. The summed E-state index contributed by atoms with van der Waals surface area (Å²) in [7, 11) is 0. The molecule has 17 heavy (non-hydrogen) atoms. The highest BCUT2D eigenvalue weighted by atomic mass is 35.5. The van der Waals surface area contributed by atoms with E-state index in [4.69, 9.17) is 16.7 Å². The molecule has 0 radical (unpaired) electrons. The van der Waals surface area contributed by atoms with Crippen LogP contribution in [0.3, 0.4) is 0 Å². The Bertz CT molecular complexity index is 425. The molecule has 0 bridgehead atoms. The van der Waals surface area contributed by atoms with E-state index in [1.807, 2.05) is 0 Å². The Morgan fingerprint density at radius 1 is 1.47 bits per heavy atom. The molecular formula is C11H12ClNO3S. The summed E-state index contributed by atoms with van der Waals surface area (Å²) in [6, 6.07) is 6.89. The molecule has 1 atom stereocenters. The van der Waals surface area contributed by atoms with Gasteiger partial charge < -0.3 is 10.4 Å². The van der Waals surface area contributed by atoms with Crippen molar-refractivity contribution in [3.8, 4) is 0 Å². The fourth-order valence-corrected chi connectivity index (χ4v) is 1.85. The van der Waals surface area contributed by atoms with Gasteiger partial charge in [-0.1, -0.05) is 23.7 Å². The minimum absolute atomic E-state index is 0.100. The number of amides is 1. The third-order valence-electron chi connectivity index (χ3n) is 1.96. The van der Waals surface area contributed by atoms with Crippen LogP contribution < -0.4 is 5.32 Å². The second-order valence-electron chi connectivity index (χ2n) is 3.32. The highest BCUT2D eigenvalue weighted by Gasteiger charge is 2.15. The van der Waals surface area contributed by atoms with Crippen LogP contribution in [-0.2, 0) is 9.59 Å². The van der Waals surface area contributed by atoms with E-state index in [1.54, 1.807) is 31.2 Å². The summed E-state index contributed by atoms with van der Waals surface area (Å²) in [5, 5.41) is 11.2. The lowest BCUT2D eigenvalue weighted by Crippen LogP contribution is -2.23. The first-order chi connectivity index (χ1) is 8.00. The van der Waals surface area contributed by atoms with Gasteiger partial charge in [0.05, 0.1) is 21.7 Å². The molecule has 1 rings (SSSR count). The maximum absolute atomic E-state index is 11.7. The first kappa shape index (κ1) is 13.9. The van der Waals surface area contributed by atoms with Gasteiger partial charge in [0.2, 0.25) is 5.91 Å². The van der Waals surface area contributed by atoms with Gasteiger partial charge in [-0.3, -0.25) is 9.59 Å². The quantitative estimate of drug-likeness (QED) is 0.865. The van der Waals surface area contributed by atoms with Crippen LogP contribution in [0.15, 0.2) is 24.3 Å². The van der Waals surface area contributed by atoms with E-state index in [0.29, 0.717) is 10.7 Å². The maximum Gasteiger partial charge on any atom is 0.313 e. The lowest BCUT2D eigenvalue weighted by atomic mass is 10.3. The van der Waals surface area contributed by atoms with Gasteiger partial charge in [0.25, 0.3) is 0 Å². The van der Waals surface area contributed by atoms with Gasteiger partial charge in [0.15, 0.2) is 0 Å². The first-order valence-electron chi connectivity index (χ1n) is 4.89. The van der Waals surface area contributed by atoms with E-state index in [1.165, 1.54) is 0 Å². The van der Waals surface area contributed by atoms with Crippen LogP contribution in [0, 0.1) is 0 Å². The van der Waals surface area contributed by atoms with Gasteiger partial charge >= 0.3 is 5.97 Å². The summed E-state index contributed by atoms with van der Waals surface area (Å²) in [6.45, 7) is 1.65. The largest absolute Gasteiger partial charge is 0.481 e. The summed E-state index contributed by atoms with van der Waals surface area (Å²) in [6.07, 6.45) is 0. The van der Waals surface area contributed by atoms with Crippen LogP contribution in [0.5, 0.6) is 0 Å². The summed E-state index contributed by atoms with van der Waals surface area (Å²) in [5.74, 6) is -1.30. The lowest BCUT2D eigenvalue weighted by Gasteiger charge is -2.11.